The van der Waals surface area contributed by atoms with Gasteiger partial charge < -0.3 is 116 Å². The zero-order valence-electron chi connectivity index (χ0n) is 59.8. The molecule has 4 bridgehead atoms. The molecule has 14 amide bonds. The number of hydrogen-bond donors (Lipinski definition) is 23. The number of nitrogens with two attached hydrogens (primary N) is 2. The lowest BCUT2D eigenvalue weighted by Crippen LogP contribution is -2.64. The fourth-order valence-corrected chi connectivity index (χ4v) is 11.9. The van der Waals surface area contributed by atoms with Gasteiger partial charge in [-0.1, -0.05) is 117 Å². The molecule has 111 heavy (non-hydrogen) atoms. The third kappa shape index (κ3) is 27.6. The number of hydrogen-bond acceptors (Lipinski definition) is 22. The fourth-order valence-electron chi connectivity index (χ4n) is 11.4. The highest BCUT2D eigenvalue weighted by molar-refractivity contribution is 9.10. The molecule has 0 fully saturated rings. The molecule has 17 atom stereocenters. The summed E-state index contributed by atoms with van der Waals surface area (Å²) in [5.41, 5.74) is 12.7. The Morgan fingerprint density at radius 3 is 1.75 bits per heavy atom. The minimum atomic E-state index is -2.71. The normalized spacial score (nSPS) is 26.1. The van der Waals surface area contributed by atoms with Gasteiger partial charge in [-0.2, -0.15) is 0 Å². The Hall–Kier alpha value is -10.9. The lowest BCUT2D eigenvalue weighted by Gasteiger charge is -2.30. The van der Waals surface area contributed by atoms with Crippen molar-refractivity contribution in [2.75, 3.05) is 19.8 Å². The number of aliphatic hydroxyl groups is 7. The average molecular weight is 1680 g/mol. The van der Waals surface area contributed by atoms with Gasteiger partial charge in [0.1, 0.15) is 85.0 Å². The highest BCUT2D eigenvalue weighted by Gasteiger charge is 2.42. The van der Waals surface area contributed by atoms with Gasteiger partial charge in [0.2, 0.25) is 83.1 Å². The Bertz CT molecular complexity index is 4100. The molecule has 3 heterocycles. The van der Waals surface area contributed by atoms with Crippen LogP contribution in [-0.2, 0) is 91.3 Å². The second kappa shape index (κ2) is 42.3. The number of nitrogens with one attached hydrogen (secondary N) is 13. The largest absolute Gasteiger partial charge is 0.480 e. The third-order valence-corrected chi connectivity index (χ3v) is 18.5. The van der Waals surface area contributed by atoms with Gasteiger partial charge in [0.25, 0.3) is 5.91 Å². The number of amides is 14. The minimum absolute atomic E-state index is 0.105. The smallest absolute Gasteiger partial charge is 0.326 e. The van der Waals surface area contributed by atoms with Crippen molar-refractivity contribution in [1.82, 2.24) is 68.8 Å². The summed E-state index contributed by atoms with van der Waals surface area (Å²) in [6.45, 7) is -0.389. The Morgan fingerprint density at radius 1 is 0.586 bits per heavy atom. The third-order valence-electron chi connectivity index (χ3n) is 17.5. The van der Waals surface area contributed by atoms with Crippen LogP contribution in [-0.4, -0.2) is 251 Å². The number of nitrogens with zero attached hydrogens (tertiary/aromatic N) is 1. The van der Waals surface area contributed by atoms with Crippen LogP contribution >= 0.6 is 31.9 Å². The van der Waals surface area contributed by atoms with E-state index in [0.717, 1.165) is 28.5 Å². The molecule has 0 saturated heterocycles. The molecule has 0 spiro atoms. The van der Waals surface area contributed by atoms with Crippen molar-refractivity contribution >= 4 is 127 Å². The highest BCUT2D eigenvalue weighted by atomic mass is 79.9. The molecule has 25 N–H and O–H groups in total. The molecule has 2 aliphatic rings. The highest BCUT2D eigenvalue weighted by Crippen LogP contribution is 2.23. The molecule has 0 radical (unpaired) electrons. The first-order chi connectivity index (χ1) is 52.4. The fraction of sp³-hybridized carbons (Fsp3) is 0.429. The Kier molecular flexibility index (Phi) is 33.9. The summed E-state index contributed by atoms with van der Waals surface area (Å²) < 4.78 is 2.41. The molecule has 6 rings (SSSR count). The van der Waals surface area contributed by atoms with Crippen LogP contribution in [0.1, 0.15) is 74.8 Å². The number of imidazole rings is 1. The number of β-amino-alcohol motifs (C(OH)–C–C–N with tert-alkyl or cyclic N) is 1. The van der Waals surface area contributed by atoms with E-state index < -0.39 is 250 Å². The number of fused-ring (bicyclic) bond motifs is 2. The zero-order chi connectivity index (χ0) is 82.1. The Labute approximate surface area is 650 Å². The van der Waals surface area contributed by atoms with E-state index in [1.54, 1.807) is 73.7 Å². The molecule has 1 aromatic heterocycles. The lowest BCUT2D eigenvalue weighted by atomic mass is 9.92. The van der Waals surface area contributed by atoms with Gasteiger partial charge in [-0.15, -0.1) is 0 Å². The molecule has 2 aliphatic heterocycles. The van der Waals surface area contributed by atoms with Crippen LogP contribution < -0.4 is 79.8 Å². The number of aromatic nitrogens is 2. The second-order valence-electron chi connectivity index (χ2n) is 26.3. The van der Waals surface area contributed by atoms with Gasteiger partial charge >= 0.3 is 5.97 Å². The number of carbonyl (C=O) groups excluding carboxylic acids is 14. The number of halogens is 2. The second-order valence-corrected chi connectivity index (χ2v) is 28.1. The number of allylic oxidation sites excluding steroid dienone is 2. The summed E-state index contributed by atoms with van der Waals surface area (Å²) >= 11 is 6.65. The van der Waals surface area contributed by atoms with Crippen LogP contribution in [0.25, 0.3) is 6.08 Å². The first-order valence-electron chi connectivity index (χ1n) is 34.4. The minimum Gasteiger partial charge on any atom is -0.480 e. The van der Waals surface area contributed by atoms with E-state index in [2.05, 4.69) is 90.0 Å². The quantitative estimate of drug-likeness (QED) is 0.0366. The molecule has 39 nitrogen and oxygen atoms in total. The molecule has 0 aliphatic carbocycles. The van der Waals surface area contributed by atoms with Crippen LogP contribution in [0.4, 0.5) is 0 Å². The number of carboxylic acid groups (broad SMARTS) is 1. The number of rotatable bonds is 16. The molecule has 4 aromatic rings. The number of aliphatic carboxylic acids is 1. The molecule has 3 aromatic carbocycles. The molecule has 600 valence electrons. The van der Waals surface area contributed by atoms with Crippen LogP contribution in [0, 0.1) is 0 Å². The molecule has 0 saturated carbocycles. The van der Waals surface area contributed by atoms with Crippen LogP contribution in [0.2, 0.25) is 0 Å². The van der Waals surface area contributed by atoms with Crippen molar-refractivity contribution in [1.29, 1.82) is 0 Å². The van der Waals surface area contributed by atoms with Crippen molar-refractivity contribution in [2.45, 2.75) is 169 Å². The van der Waals surface area contributed by atoms with Crippen LogP contribution in [0.3, 0.4) is 0 Å². The number of aliphatic hydroxyl groups excluding tert-OH is 7. The summed E-state index contributed by atoms with van der Waals surface area (Å²) in [7, 11) is 0. The monoisotopic (exact) mass is 1680 g/mol. The molecular formula is C70H89Br2N16O23+. The summed E-state index contributed by atoms with van der Waals surface area (Å²) in [5, 5.41) is 115. The van der Waals surface area contributed by atoms with Gasteiger partial charge in [-0.25, -0.2) is 14.3 Å². The molecular weight excluding hydrogens is 1590 g/mol. The van der Waals surface area contributed by atoms with E-state index in [1.807, 2.05) is 10.6 Å². The van der Waals surface area contributed by atoms with Gasteiger partial charge in [-0.05, 0) is 54.8 Å². The average Bonchev–Trinajstić information content (AvgIpc) is 1.49. The number of carbonyl (C=O) groups is 15. The maximum absolute atomic E-state index is 14.9. The predicted octanol–water partition coefficient (Wildman–Crippen LogP) is -8.02. The maximum Gasteiger partial charge on any atom is 0.326 e. The van der Waals surface area contributed by atoms with Crippen molar-refractivity contribution < 1.29 is 117 Å². The van der Waals surface area contributed by atoms with Crippen molar-refractivity contribution in [3.05, 3.63) is 140 Å². The van der Waals surface area contributed by atoms with E-state index in [0.29, 0.717) is 26.7 Å². The van der Waals surface area contributed by atoms with Crippen molar-refractivity contribution in [3.63, 3.8) is 0 Å². The molecule has 41 heteroatoms. The van der Waals surface area contributed by atoms with Gasteiger partial charge in [0.05, 0.1) is 57.0 Å². The zero-order valence-corrected chi connectivity index (χ0v) is 63.0. The van der Waals surface area contributed by atoms with Crippen molar-refractivity contribution in [3.8, 4) is 0 Å². The van der Waals surface area contributed by atoms with E-state index in [1.165, 1.54) is 37.3 Å². The number of carboxylic acids is 1. The standard InChI is InChI=1S/C70H88Br2N16O23/c1-32(9-10-35-11-15-38(71)16-12-35)19-50(93)42-25-54(97)78-48(29-89)64(104)83-47-28-88-27-40(76-31-88)21-44(61(101)86-56(34(3)91)68(108)84-49(30-90)65(105)80-43(60(100)79-42)20-36-7-5-4-6-8-36)77-53(96)23-41(92)22-46(70(110)111)82-66(106)51(94)26-75-67(107)55(33(2)37-13-17-39(72)18-14-37)85-69(109)57(58(98)59(74)99)87-62(102)45(24-52(73)95)81-63(47)103/h4-19,27,31,33-34,41-51,55-58,89-94,98H,20-26,28-30H2,1-3H3,(H17,73,74,75,77,78,79,80,81,82,83,84,85,86,87,95,96,97,99,100,101,102,103,104,105,106,107,108,109,110,111)/p+1/b10-9+,32-19+/t33-,34-,41+,42-,43-,44-,45-,46-,47+,48-,49-,50-,51-,55-,56-,57-,58+/m0/s1. The molecule has 0 unspecified atom stereocenters. The topological polar surface area (TPSA) is 634 Å². The number of benzene rings is 3. The van der Waals surface area contributed by atoms with E-state index in [-0.39, 0.29) is 12.1 Å². The Balaban J connectivity index is 1.51. The van der Waals surface area contributed by atoms with E-state index in [9.17, 15) is 113 Å². The van der Waals surface area contributed by atoms with Gasteiger partial charge in [-0.3, -0.25) is 67.1 Å². The van der Waals surface area contributed by atoms with Crippen LogP contribution in [0.5, 0.6) is 0 Å². The van der Waals surface area contributed by atoms with Gasteiger partial charge in [0, 0.05) is 40.5 Å². The SMILES string of the molecule is CC(/C=C/c1ccc(Br)cc1)=C\[C@H](O)[C@@H]1CC(=O)N[C@@H](CO)C(=O)N[C@@H]2C[n+]3c[nH]c(c3)C[C@H](NC(=O)C[C@H](O)C[C@@H](C(=O)O)NC(=O)[C@@H](O)CNC(=O)[C@H]([C@@H](C)c3ccc(Br)cc3)NC(=O)[C@H]([C@@H](O)C(N)=O)NC(=O)[C@H](CC(N)=O)NC2=O)C(=O)N[C@@H]([C@H](C)O)C(=O)N[C@@H](CO)C(=O)N[C@@H](Cc2ccccc2)C(=O)N1. The Morgan fingerprint density at radius 2 is 1.14 bits per heavy atom. The number of primary amides is 2. The van der Waals surface area contributed by atoms with E-state index in [4.69, 9.17) is 11.5 Å². The summed E-state index contributed by atoms with van der Waals surface area (Å²) in [6, 6.07) is -1.39. The summed E-state index contributed by atoms with van der Waals surface area (Å²) in [5.74, 6) is -22.2. The first kappa shape index (κ1) is 89.0. The van der Waals surface area contributed by atoms with Crippen molar-refractivity contribution in [2.24, 2.45) is 11.5 Å². The number of aromatic amines is 1. The summed E-state index contributed by atoms with van der Waals surface area (Å²) in [6.07, 6.45) is -9.31. The van der Waals surface area contributed by atoms with Gasteiger partial charge in [0.15, 0.2) is 6.10 Å². The van der Waals surface area contributed by atoms with E-state index >= 15 is 0 Å². The lowest BCUT2D eigenvalue weighted by molar-refractivity contribution is -0.696. The predicted molar refractivity (Wildman–Crippen MR) is 393 cm³/mol. The van der Waals surface area contributed by atoms with Crippen LogP contribution in [0.15, 0.2) is 118 Å². The first-order valence-corrected chi connectivity index (χ1v) is 36.0. The summed E-state index contributed by atoms with van der Waals surface area (Å²) in [4.78, 5) is 214. The number of H-pyrrole nitrogens is 1. The maximum atomic E-state index is 14.9.